The Kier molecular flexibility index (Phi) is 3.06. The highest BCUT2D eigenvalue weighted by Crippen LogP contribution is 2.31. The summed E-state index contributed by atoms with van der Waals surface area (Å²) >= 11 is 1.25. The van der Waals surface area contributed by atoms with E-state index < -0.39 is 0 Å². The summed E-state index contributed by atoms with van der Waals surface area (Å²) in [7, 11) is 0. The lowest BCUT2D eigenvalue weighted by molar-refractivity contribution is 0.173. The minimum Gasteiger partial charge on any atom is -0.394 e. The molecule has 0 aromatic carbocycles. The quantitative estimate of drug-likeness (QED) is 0.724. The smallest absolute Gasteiger partial charge is 0.233 e. The van der Waals surface area contributed by atoms with Crippen molar-refractivity contribution in [3.8, 4) is 0 Å². The average Bonchev–Trinajstić information content (AvgIpc) is 2.65. The summed E-state index contributed by atoms with van der Waals surface area (Å²) in [5.74, 6) is 0.298. The van der Waals surface area contributed by atoms with E-state index in [1.807, 2.05) is 0 Å². The zero-order valence-electron chi connectivity index (χ0n) is 8.57. The van der Waals surface area contributed by atoms with Gasteiger partial charge in [-0.2, -0.15) is 9.36 Å². The van der Waals surface area contributed by atoms with Gasteiger partial charge < -0.3 is 16.2 Å². The number of rotatable bonds is 3. The number of hydrogen-bond acceptors (Lipinski definition) is 6. The van der Waals surface area contributed by atoms with Crippen LogP contribution in [0.2, 0.25) is 0 Å². The number of nitrogen functional groups attached to an aromatic ring is 1. The monoisotopic (exact) mass is 228 g/mol. The molecule has 0 bridgehead atoms. The Hall–Kier alpha value is -0.880. The molecule has 1 aromatic rings. The molecule has 84 valence electrons. The maximum atomic E-state index is 9.47. The third-order valence-corrected chi connectivity index (χ3v) is 3.57. The molecule has 1 fully saturated rings. The molecule has 0 radical (unpaired) electrons. The summed E-state index contributed by atoms with van der Waals surface area (Å²) in [6, 6.07) is 0. The maximum Gasteiger partial charge on any atom is 0.233 e. The van der Waals surface area contributed by atoms with Gasteiger partial charge in [0.2, 0.25) is 11.1 Å². The van der Waals surface area contributed by atoms with E-state index in [-0.39, 0.29) is 12.1 Å². The molecule has 0 unspecified atom stereocenters. The van der Waals surface area contributed by atoms with E-state index in [1.165, 1.54) is 18.0 Å². The largest absolute Gasteiger partial charge is 0.394 e. The fraction of sp³-hybridized carbons (Fsp3) is 0.778. The Morgan fingerprint density at radius 3 is 2.67 bits per heavy atom. The second-order valence-electron chi connectivity index (χ2n) is 4.08. The first-order valence-corrected chi connectivity index (χ1v) is 6.00. The van der Waals surface area contributed by atoms with Crippen LogP contribution in [-0.2, 0) is 0 Å². The van der Waals surface area contributed by atoms with Gasteiger partial charge in [-0.1, -0.05) is 19.3 Å². The van der Waals surface area contributed by atoms with Gasteiger partial charge in [0.1, 0.15) is 0 Å². The third-order valence-electron chi connectivity index (χ3n) is 2.93. The Labute approximate surface area is 92.9 Å². The van der Waals surface area contributed by atoms with Gasteiger partial charge in [-0.25, -0.2) is 0 Å². The van der Waals surface area contributed by atoms with Gasteiger partial charge in [0.25, 0.3) is 0 Å². The first kappa shape index (κ1) is 10.6. The van der Waals surface area contributed by atoms with Crippen LogP contribution in [0.25, 0.3) is 0 Å². The Balaban J connectivity index is 2.06. The van der Waals surface area contributed by atoms with Crippen molar-refractivity contribution in [3.63, 3.8) is 0 Å². The molecule has 1 aliphatic carbocycles. The Bertz CT molecular complexity index is 322. The lowest BCUT2D eigenvalue weighted by Crippen LogP contribution is -2.43. The highest BCUT2D eigenvalue weighted by molar-refractivity contribution is 7.09. The molecule has 5 nitrogen and oxygen atoms in total. The molecule has 4 N–H and O–H groups in total. The van der Waals surface area contributed by atoms with Gasteiger partial charge in [-0.3, -0.25) is 0 Å². The van der Waals surface area contributed by atoms with Crippen LogP contribution in [0.5, 0.6) is 0 Å². The van der Waals surface area contributed by atoms with E-state index in [2.05, 4.69) is 14.7 Å². The third kappa shape index (κ3) is 2.38. The predicted octanol–water partition coefficient (Wildman–Crippen LogP) is 1.23. The molecule has 0 spiro atoms. The topological polar surface area (TPSA) is 84.1 Å². The molecule has 1 saturated carbocycles. The fourth-order valence-corrected chi connectivity index (χ4v) is 2.68. The van der Waals surface area contributed by atoms with E-state index >= 15 is 0 Å². The molecule has 0 saturated heterocycles. The first-order valence-electron chi connectivity index (χ1n) is 5.22. The van der Waals surface area contributed by atoms with Gasteiger partial charge in [0.15, 0.2) is 0 Å². The van der Waals surface area contributed by atoms with E-state index in [0.29, 0.717) is 11.1 Å². The van der Waals surface area contributed by atoms with Crippen LogP contribution in [-0.4, -0.2) is 26.6 Å². The summed E-state index contributed by atoms with van der Waals surface area (Å²) in [6.45, 7) is 0.145. The first-order chi connectivity index (χ1) is 7.24. The number of aliphatic hydroxyl groups excluding tert-OH is 1. The second kappa shape index (κ2) is 4.32. The van der Waals surface area contributed by atoms with Crippen molar-refractivity contribution in [2.45, 2.75) is 37.6 Å². The van der Waals surface area contributed by atoms with Crippen molar-refractivity contribution in [1.82, 2.24) is 9.36 Å². The van der Waals surface area contributed by atoms with E-state index in [4.69, 9.17) is 5.73 Å². The number of aromatic nitrogens is 2. The maximum absolute atomic E-state index is 9.47. The van der Waals surface area contributed by atoms with Crippen LogP contribution >= 0.6 is 11.5 Å². The molecule has 2 rings (SSSR count). The summed E-state index contributed by atoms with van der Waals surface area (Å²) in [5, 5.41) is 13.5. The van der Waals surface area contributed by atoms with E-state index in [1.54, 1.807) is 0 Å². The van der Waals surface area contributed by atoms with Gasteiger partial charge in [0, 0.05) is 11.5 Å². The van der Waals surface area contributed by atoms with Crippen LogP contribution in [0.15, 0.2) is 0 Å². The van der Waals surface area contributed by atoms with Crippen molar-refractivity contribution < 1.29 is 5.11 Å². The molecule has 1 aromatic heterocycles. The zero-order valence-corrected chi connectivity index (χ0v) is 9.39. The second-order valence-corrected chi connectivity index (χ2v) is 4.83. The lowest BCUT2D eigenvalue weighted by Gasteiger charge is -2.36. The highest BCUT2D eigenvalue weighted by Gasteiger charge is 2.32. The average molecular weight is 228 g/mol. The SMILES string of the molecule is Nc1nsc(NC2(CO)CCCCC2)n1. The molecule has 0 amide bonds. The lowest BCUT2D eigenvalue weighted by atomic mass is 9.82. The molecule has 1 heterocycles. The molecule has 0 atom stereocenters. The summed E-state index contributed by atoms with van der Waals surface area (Å²) in [5.41, 5.74) is 5.25. The number of nitrogens with two attached hydrogens (primary N) is 1. The van der Waals surface area contributed by atoms with Crippen molar-refractivity contribution in [2.24, 2.45) is 0 Å². The van der Waals surface area contributed by atoms with Gasteiger partial charge >= 0.3 is 0 Å². The van der Waals surface area contributed by atoms with Crippen molar-refractivity contribution in [3.05, 3.63) is 0 Å². The predicted molar refractivity (Wildman–Crippen MR) is 60.8 cm³/mol. The van der Waals surface area contributed by atoms with Crippen LogP contribution in [0, 0.1) is 0 Å². The molecule has 15 heavy (non-hydrogen) atoms. The number of nitrogens with one attached hydrogen (secondary N) is 1. The summed E-state index contributed by atoms with van der Waals surface area (Å²) in [6.07, 6.45) is 5.54. The number of anilines is 2. The van der Waals surface area contributed by atoms with Crippen LogP contribution in [0.3, 0.4) is 0 Å². The Morgan fingerprint density at radius 2 is 2.13 bits per heavy atom. The highest BCUT2D eigenvalue weighted by atomic mass is 32.1. The van der Waals surface area contributed by atoms with Crippen LogP contribution in [0.1, 0.15) is 32.1 Å². The number of hydrogen-bond donors (Lipinski definition) is 3. The van der Waals surface area contributed by atoms with Gasteiger partial charge in [-0.05, 0) is 12.8 Å². The summed E-state index contributed by atoms with van der Waals surface area (Å²) < 4.78 is 3.91. The molecule has 6 heteroatoms. The number of aliphatic hydroxyl groups is 1. The van der Waals surface area contributed by atoms with Gasteiger partial charge in [0.05, 0.1) is 12.1 Å². The standard InChI is InChI=1S/C9H16N4OS/c10-7-11-8(15-13-7)12-9(6-14)4-2-1-3-5-9/h14H,1-6H2,(H3,10,11,12,13). The molecule has 1 aliphatic rings. The summed E-state index contributed by atoms with van der Waals surface area (Å²) in [4.78, 5) is 4.06. The molecular weight excluding hydrogens is 212 g/mol. The van der Waals surface area contributed by atoms with Crippen LogP contribution < -0.4 is 11.1 Å². The van der Waals surface area contributed by atoms with E-state index in [0.717, 1.165) is 25.7 Å². The normalized spacial score (nSPS) is 20.1. The minimum absolute atomic E-state index is 0.145. The van der Waals surface area contributed by atoms with Crippen molar-refractivity contribution in [1.29, 1.82) is 0 Å². The van der Waals surface area contributed by atoms with Crippen molar-refractivity contribution >= 4 is 22.6 Å². The molecular formula is C9H16N4OS. The zero-order chi connectivity index (χ0) is 10.7. The van der Waals surface area contributed by atoms with E-state index in [9.17, 15) is 5.11 Å². The fourth-order valence-electron chi connectivity index (χ4n) is 2.06. The molecule has 0 aliphatic heterocycles. The van der Waals surface area contributed by atoms with Crippen molar-refractivity contribution in [2.75, 3.05) is 17.7 Å². The number of nitrogens with zero attached hydrogens (tertiary/aromatic N) is 2. The Morgan fingerprint density at radius 1 is 1.40 bits per heavy atom. The minimum atomic E-state index is -0.204. The van der Waals surface area contributed by atoms with Crippen LogP contribution in [0.4, 0.5) is 11.1 Å². The van der Waals surface area contributed by atoms with Gasteiger partial charge in [-0.15, -0.1) is 0 Å².